The molecule has 0 amide bonds. The van der Waals surface area contributed by atoms with Crippen molar-refractivity contribution in [3.63, 3.8) is 0 Å². The van der Waals surface area contributed by atoms with Crippen molar-refractivity contribution in [3.05, 3.63) is 259 Å². The van der Waals surface area contributed by atoms with E-state index in [2.05, 4.69) is 241 Å². The van der Waals surface area contributed by atoms with E-state index in [0.717, 1.165) is 50.1 Å². The second-order valence-electron chi connectivity index (χ2n) is 17.5. The Balaban J connectivity index is 1.04. The van der Waals surface area contributed by atoms with E-state index in [1.807, 2.05) is 11.8 Å². The first-order chi connectivity index (χ1) is 32.7. The molecule has 1 spiro atoms. The highest BCUT2D eigenvalue weighted by atomic mass is 32.2. The van der Waals surface area contributed by atoms with Gasteiger partial charge >= 0.3 is 0 Å². The third kappa shape index (κ3) is 5.38. The minimum Gasteiger partial charge on any atom is -0.455 e. The molecular formula is C63H39NOS. The molecule has 11 aromatic carbocycles. The van der Waals surface area contributed by atoms with E-state index in [1.165, 1.54) is 75.8 Å². The zero-order valence-corrected chi connectivity index (χ0v) is 36.6. The van der Waals surface area contributed by atoms with E-state index in [-0.39, 0.29) is 0 Å². The van der Waals surface area contributed by atoms with E-state index in [4.69, 9.17) is 4.42 Å². The van der Waals surface area contributed by atoms with Crippen molar-refractivity contribution < 1.29 is 4.42 Å². The number of rotatable bonds is 5. The Kier molecular flexibility index (Phi) is 8.16. The fourth-order valence-electron chi connectivity index (χ4n) is 11.3. The molecule has 1 aromatic heterocycles. The van der Waals surface area contributed by atoms with Gasteiger partial charge in [0.2, 0.25) is 0 Å². The lowest BCUT2D eigenvalue weighted by atomic mass is 9.67. The predicted octanol–water partition coefficient (Wildman–Crippen LogP) is 17.5. The first-order valence-corrected chi connectivity index (χ1v) is 23.5. The van der Waals surface area contributed by atoms with Crippen LogP contribution in [0.2, 0.25) is 0 Å². The summed E-state index contributed by atoms with van der Waals surface area (Å²) in [6.45, 7) is 0. The average Bonchev–Trinajstić information content (AvgIpc) is 3.90. The van der Waals surface area contributed by atoms with Crippen molar-refractivity contribution in [1.82, 2.24) is 0 Å². The number of nitrogens with zero attached hydrogens (tertiary/aromatic N) is 1. The van der Waals surface area contributed by atoms with Gasteiger partial charge in [-0.25, -0.2) is 0 Å². The minimum atomic E-state index is -0.462. The molecule has 0 fully saturated rings. The second-order valence-corrected chi connectivity index (χ2v) is 18.6. The number of furan rings is 1. The van der Waals surface area contributed by atoms with Crippen LogP contribution in [0.25, 0.3) is 76.9 Å². The molecule has 2 nitrogen and oxygen atoms in total. The lowest BCUT2D eigenvalue weighted by Crippen LogP contribution is -2.32. The first kappa shape index (κ1) is 37.3. The molecule has 2 aliphatic rings. The summed E-state index contributed by atoms with van der Waals surface area (Å²) in [5, 5.41) is 7.05. The number of hydrogen-bond acceptors (Lipinski definition) is 3. The van der Waals surface area contributed by atoms with Gasteiger partial charge in [-0.15, -0.1) is 0 Å². The molecule has 0 unspecified atom stereocenters. The maximum Gasteiger partial charge on any atom is 0.145 e. The third-order valence-electron chi connectivity index (χ3n) is 14.1. The Morgan fingerprint density at radius 1 is 0.364 bits per heavy atom. The van der Waals surface area contributed by atoms with E-state index >= 15 is 0 Å². The Morgan fingerprint density at radius 3 is 1.79 bits per heavy atom. The Morgan fingerprint density at radius 2 is 0.970 bits per heavy atom. The molecule has 0 N–H and O–H groups in total. The van der Waals surface area contributed by atoms with Gasteiger partial charge < -0.3 is 9.32 Å². The topological polar surface area (TPSA) is 16.4 Å². The number of fused-ring (bicyclic) bond motifs is 14. The lowest BCUT2D eigenvalue weighted by molar-refractivity contribution is 0.670. The SMILES string of the molecule is c1ccc2c(c1)Sc1cc(N(c3ccc(-c4ccc5ccccc5c4)cc3)c3ccc4c(oc5ccccc54)c3-c3cccc4ccccc34)ccc1C21c2ccccc2-c2ccccc21. The van der Waals surface area contributed by atoms with E-state index in [9.17, 15) is 0 Å². The van der Waals surface area contributed by atoms with Crippen LogP contribution in [0.1, 0.15) is 22.3 Å². The maximum atomic E-state index is 6.99. The maximum absolute atomic E-state index is 6.99. The van der Waals surface area contributed by atoms with Crippen molar-refractivity contribution in [2.45, 2.75) is 15.2 Å². The van der Waals surface area contributed by atoms with Crippen molar-refractivity contribution in [2.75, 3.05) is 4.90 Å². The summed E-state index contributed by atoms with van der Waals surface area (Å²) >= 11 is 1.88. The summed E-state index contributed by atoms with van der Waals surface area (Å²) in [7, 11) is 0. The molecule has 66 heavy (non-hydrogen) atoms. The number of anilines is 3. The van der Waals surface area contributed by atoms with Crippen LogP contribution >= 0.6 is 11.8 Å². The molecule has 1 aliphatic heterocycles. The monoisotopic (exact) mass is 857 g/mol. The quantitative estimate of drug-likeness (QED) is 0.172. The summed E-state index contributed by atoms with van der Waals surface area (Å²) in [5.74, 6) is 0. The van der Waals surface area contributed by atoms with Gasteiger partial charge in [0, 0.05) is 37.5 Å². The van der Waals surface area contributed by atoms with E-state index in [1.54, 1.807) is 0 Å². The minimum absolute atomic E-state index is 0.462. The molecule has 14 rings (SSSR count). The average molecular weight is 858 g/mol. The highest BCUT2D eigenvalue weighted by molar-refractivity contribution is 7.99. The van der Waals surface area contributed by atoms with E-state index < -0.39 is 5.41 Å². The Bertz CT molecular complexity index is 3890. The van der Waals surface area contributed by atoms with Crippen LogP contribution in [-0.4, -0.2) is 0 Å². The largest absolute Gasteiger partial charge is 0.455 e. The molecule has 0 bridgehead atoms. The molecule has 3 heteroatoms. The third-order valence-corrected chi connectivity index (χ3v) is 15.3. The van der Waals surface area contributed by atoms with Crippen LogP contribution < -0.4 is 4.90 Å². The number of benzene rings is 11. The van der Waals surface area contributed by atoms with Crippen LogP contribution in [-0.2, 0) is 5.41 Å². The molecule has 0 saturated heterocycles. The zero-order valence-electron chi connectivity index (χ0n) is 35.8. The summed E-state index contributed by atoms with van der Waals surface area (Å²) < 4.78 is 6.99. The van der Waals surface area contributed by atoms with Crippen LogP contribution in [0, 0.1) is 0 Å². The van der Waals surface area contributed by atoms with Crippen LogP contribution in [0.4, 0.5) is 17.1 Å². The van der Waals surface area contributed by atoms with Gasteiger partial charge in [0.25, 0.3) is 0 Å². The van der Waals surface area contributed by atoms with Crippen molar-refractivity contribution in [2.24, 2.45) is 0 Å². The van der Waals surface area contributed by atoms with Gasteiger partial charge in [-0.2, -0.15) is 0 Å². The molecule has 308 valence electrons. The van der Waals surface area contributed by atoms with Crippen LogP contribution in [0.15, 0.2) is 251 Å². The fraction of sp³-hybridized carbons (Fsp3) is 0.0159. The summed E-state index contributed by atoms with van der Waals surface area (Å²) in [4.78, 5) is 4.98. The van der Waals surface area contributed by atoms with Gasteiger partial charge in [-0.3, -0.25) is 0 Å². The number of hydrogen-bond donors (Lipinski definition) is 0. The van der Waals surface area contributed by atoms with Crippen molar-refractivity contribution >= 4 is 72.3 Å². The molecule has 1 aliphatic carbocycles. The Labute approximate surface area is 387 Å². The zero-order chi connectivity index (χ0) is 43.3. The van der Waals surface area contributed by atoms with E-state index in [0.29, 0.717) is 0 Å². The summed E-state index contributed by atoms with van der Waals surface area (Å²) in [6, 6.07) is 87.1. The van der Waals surface area contributed by atoms with Gasteiger partial charge in [0.05, 0.1) is 11.1 Å². The molecule has 12 aromatic rings. The molecule has 0 atom stereocenters. The van der Waals surface area contributed by atoms with Crippen LogP contribution in [0.3, 0.4) is 0 Å². The molecule has 0 radical (unpaired) electrons. The highest BCUT2D eigenvalue weighted by Crippen LogP contribution is 2.63. The molecule has 2 heterocycles. The molecule has 0 saturated carbocycles. The Hall–Kier alpha value is -8.11. The lowest BCUT2D eigenvalue weighted by Gasteiger charge is -2.40. The summed E-state index contributed by atoms with van der Waals surface area (Å²) in [5.41, 5.74) is 16.9. The number of para-hydroxylation sites is 1. The fourth-order valence-corrected chi connectivity index (χ4v) is 12.5. The smallest absolute Gasteiger partial charge is 0.145 e. The molecular weight excluding hydrogens is 819 g/mol. The normalized spacial score (nSPS) is 13.2. The highest BCUT2D eigenvalue weighted by Gasteiger charge is 2.50. The van der Waals surface area contributed by atoms with Crippen LogP contribution in [0.5, 0.6) is 0 Å². The second kappa shape index (κ2) is 14.5. The standard InChI is InChI=1S/C63H39NOS/c1-2-16-43-38-44(29-28-40(43)14-1)41-30-32-45(33-31-41)64(57-37-35-52-50-21-7-11-26-58(50)65-62(52)61(57)51-22-13-17-42-15-3-4-18-47(42)51)46-34-36-56-60(39-46)66-59-27-12-10-25-55(59)63(56)53-23-8-5-19-48(53)49-20-6-9-24-54(49)63/h1-39H. The summed E-state index contributed by atoms with van der Waals surface area (Å²) in [6.07, 6.45) is 0. The van der Waals surface area contributed by atoms with Gasteiger partial charge in [0.1, 0.15) is 11.2 Å². The van der Waals surface area contributed by atoms with Gasteiger partial charge in [-0.1, -0.05) is 194 Å². The van der Waals surface area contributed by atoms with Crippen molar-refractivity contribution in [1.29, 1.82) is 0 Å². The van der Waals surface area contributed by atoms with Crippen molar-refractivity contribution in [3.8, 4) is 33.4 Å². The predicted molar refractivity (Wildman–Crippen MR) is 276 cm³/mol. The van der Waals surface area contributed by atoms with Gasteiger partial charge in [0.15, 0.2) is 0 Å². The first-order valence-electron chi connectivity index (χ1n) is 22.7. The van der Waals surface area contributed by atoms with Gasteiger partial charge in [-0.05, 0) is 126 Å².